The molecule has 258 valence electrons. The number of benzene rings is 8. The fourth-order valence-corrected chi connectivity index (χ4v) is 6.68. The van der Waals surface area contributed by atoms with Gasteiger partial charge in [0.15, 0.2) is 17.5 Å². The van der Waals surface area contributed by atoms with Gasteiger partial charge in [0.05, 0.1) is 27.5 Å². The molecular formula is C51H34N4. The van der Waals surface area contributed by atoms with Crippen molar-refractivity contribution in [3.05, 3.63) is 206 Å². The first kappa shape index (κ1) is 21.9. The molecule has 4 nitrogen and oxygen atoms in total. The average Bonchev–Trinajstić information content (AvgIpc) is 3.74. The van der Waals surface area contributed by atoms with Crippen molar-refractivity contribution in [2.24, 2.45) is 0 Å². The van der Waals surface area contributed by atoms with Crippen molar-refractivity contribution in [2.45, 2.75) is 0 Å². The molecule has 0 saturated heterocycles. The number of hydrogen-bond acceptors (Lipinski definition) is 3. The number of rotatable bonds is 7. The summed E-state index contributed by atoms with van der Waals surface area (Å²) in [5.74, 6) is 1.18. The third kappa shape index (κ3) is 6.16. The smallest absolute Gasteiger partial charge is 0.164 e. The summed E-state index contributed by atoms with van der Waals surface area (Å²) in [5.41, 5.74) is 5.51. The molecule has 0 aliphatic heterocycles. The van der Waals surface area contributed by atoms with Crippen LogP contribution in [0.5, 0.6) is 0 Å². The largest absolute Gasteiger partial charge is 0.309 e. The molecule has 4 heteroatoms. The van der Waals surface area contributed by atoms with E-state index >= 15 is 0 Å². The summed E-state index contributed by atoms with van der Waals surface area (Å²) < 4.78 is 107. The Morgan fingerprint density at radius 1 is 0.327 bits per heavy atom. The maximum absolute atomic E-state index is 9.46. The lowest BCUT2D eigenvalue weighted by Crippen LogP contribution is -2.00. The zero-order valence-corrected chi connectivity index (χ0v) is 29.0. The third-order valence-corrected chi connectivity index (χ3v) is 9.43. The van der Waals surface area contributed by atoms with Gasteiger partial charge >= 0.3 is 0 Å². The fourth-order valence-electron chi connectivity index (χ4n) is 6.68. The number of para-hydroxylation sites is 1. The van der Waals surface area contributed by atoms with E-state index in [1.54, 1.807) is 24.3 Å². The van der Waals surface area contributed by atoms with Crippen LogP contribution in [0.2, 0.25) is 0 Å². The predicted molar refractivity (Wildman–Crippen MR) is 227 cm³/mol. The van der Waals surface area contributed by atoms with Gasteiger partial charge in [0.25, 0.3) is 0 Å². The Hall–Kier alpha value is -7.43. The molecule has 0 spiro atoms. The van der Waals surface area contributed by atoms with E-state index in [1.165, 1.54) is 4.57 Å². The van der Waals surface area contributed by atoms with Crippen LogP contribution in [0.15, 0.2) is 206 Å². The zero-order chi connectivity index (χ0) is 47.0. The Morgan fingerprint density at radius 3 is 1.31 bits per heavy atom. The van der Waals surface area contributed by atoms with Crippen molar-refractivity contribution in [3.63, 3.8) is 0 Å². The van der Waals surface area contributed by atoms with E-state index in [9.17, 15) is 2.74 Å². The van der Waals surface area contributed by atoms with Gasteiger partial charge in [-0.2, -0.15) is 0 Å². The molecule has 55 heavy (non-hydrogen) atoms. The zero-order valence-electron chi connectivity index (χ0n) is 41.0. The minimum absolute atomic E-state index is 0.0732. The van der Waals surface area contributed by atoms with Crippen molar-refractivity contribution < 1.29 is 16.4 Å². The monoisotopic (exact) mass is 714 g/mol. The normalized spacial score (nSPS) is 14.3. The van der Waals surface area contributed by atoms with Gasteiger partial charge in [-0.15, -0.1) is 0 Å². The maximum Gasteiger partial charge on any atom is 0.164 e. The van der Waals surface area contributed by atoms with Crippen LogP contribution in [0.25, 0.3) is 95.0 Å². The summed E-state index contributed by atoms with van der Waals surface area (Å²) in [6.45, 7) is 0. The minimum atomic E-state index is -0.690. The molecule has 0 bridgehead atoms. The summed E-state index contributed by atoms with van der Waals surface area (Å²) in [7, 11) is 0. The van der Waals surface area contributed by atoms with Gasteiger partial charge < -0.3 is 4.57 Å². The van der Waals surface area contributed by atoms with Crippen molar-refractivity contribution >= 4 is 21.8 Å². The van der Waals surface area contributed by atoms with E-state index in [0.29, 0.717) is 28.7 Å². The van der Waals surface area contributed by atoms with E-state index in [1.807, 2.05) is 109 Å². The first-order valence-electron chi connectivity index (χ1n) is 23.5. The summed E-state index contributed by atoms with van der Waals surface area (Å²) in [6, 6.07) is 35.5. The second-order valence-corrected chi connectivity index (χ2v) is 12.8. The average molecular weight is 715 g/mol. The second-order valence-electron chi connectivity index (χ2n) is 12.8. The quantitative estimate of drug-likeness (QED) is 0.165. The Labute approximate surface area is 336 Å². The van der Waals surface area contributed by atoms with Crippen LogP contribution >= 0.6 is 0 Å². The molecule has 0 saturated carbocycles. The van der Waals surface area contributed by atoms with Crippen molar-refractivity contribution in [3.8, 4) is 73.2 Å². The molecule has 0 unspecified atom stereocenters. The summed E-state index contributed by atoms with van der Waals surface area (Å²) in [5, 5.41) is -0.266. The molecule has 10 aromatic rings. The van der Waals surface area contributed by atoms with Gasteiger partial charge in [-0.3, -0.25) is 0 Å². The van der Waals surface area contributed by atoms with Gasteiger partial charge in [0.1, 0.15) is 0 Å². The van der Waals surface area contributed by atoms with Crippen molar-refractivity contribution in [2.75, 3.05) is 0 Å². The van der Waals surface area contributed by atoms with E-state index in [0.717, 1.165) is 33.4 Å². The molecule has 0 radical (unpaired) electrons. The number of aromatic nitrogens is 4. The highest BCUT2D eigenvalue weighted by Gasteiger charge is 2.16. The lowest BCUT2D eigenvalue weighted by atomic mass is 10.0. The Bertz CT molecular complexity index is 3490. The first-order chi connectivity index (χ1) is 32.2. The van der Waals surface area contributed by atoms with E-state index < -0.39 is 83.6 Å². The minimum Gasteiger partial charge on any atom is -0.309 e. The van der Waals surface area contributed by atoms with Gasteiger partial charge in [-0.25, -0.2) is 15.0 Å². The Morgan fingerprint density at radius 2 is 0.764 bits per heavy atom. The van der Waals surface area contributed by atoms with E-state index in [-0.39, 0.29) is 21.8 Å². The molecule has 0 aliphatic rings. The van der Waals surface area contributed by atoms with Crippen LogP contribution in [0.1, 0.15) is 16.4 Å². The summed E-state index contributed by atoms with van der Waals surface area (Å²) >= 11 is 0. The topological polar surface area (TPSA) is 43.6 Å². The predicted octanol–water partition coefficient (Wildman–Crippen LogP) is 13.0. The van der Waals surface area contributed by atoms with Crippen LogP contribution in [-0.2, 0) is 0 Å². The molecule has 2 aromatic heterocycles. The van der Waals surface area contributed by atoms with E-state index in [2.05, 4.69) is 0 Å². The van der Waals surface area contributed by atoms with Gasteiger partial charge in [0, 0.05) is 33.2 Å². The Balaban J connectivity index is 1.15. The van der Waals surface area contributed by atoms with E-state index in [4.69, 9.17) is 28.7 Å². The highest BCUT2D eigenvalue weighted by atomic mass is 15.0. The lowest BCUT2D eigenvalue weighted by molar-refractivity contribution is 1.07. The second kappa shape index (κ2) is 13.8. The molecule has 0 atom stereocenters. The molecule has 0 aliphatic carbocycles. The SMILES string of the molecule is [2H]c1c([2H])c([2H])c(-c2c([2H])c([2H])c3c(c2[2H])c2c([2H])c([2H])c([2H])c([2H])c2n3-c2ccc(-c3nc(-c4ccc(-c5ccccc5)cc4)nc(-c4ccc(-c5ccccc5)cc4)n3)cc2)c([2H])c1[2H]. The third-order valence-electron chi connectivity index (χ3n) is 9.43. The fraction of sp³-hybridized carbons (Fsp3) is 0. The highest BCUT2D eigenvalue weighted by molar-refractivity contribution is 6.10. The van der Waals surface area contributed by atoms with Crippen LogP contribution < -0.4 is 0 Å². The number of nitrogens with zero attached hydrogens (tertiary/aromatic N) is 4. The molecule has 10 rings (SSSR count). The van der Waals surface area contributed by atoms with Crippen molar-refractivity contribution in [1.82, 2.24) is 19.5 Å². The van der Waals surface area contributed by atoms with Crippen LogP contribution in [0.3, 0.4) is 0 Å². The standard InChI is InChI=1S/C51H34N4/c1-4-12-35(13-5-1)38-20-24-40(25-21-38)49-52-50(41-26-22-39(23-27-41)36-14-6-2-7-15-36)54-51(53-49)42-28-31-44(32-29-42)55-47-19-11-10-18-45(47)46-34-43(30-33-48(46)55)37-16-8-3-9-17-37/h1-34H/i3D,8D,9D,10D,11D,16D,17D,18D,19D,30D,33D,34D. The van der Waals surface area contributed by atoms with Gasteiger partial charge in [-0.05, 0) is 75.8 Å². The van der Waals surface area contributed by atoms with Gasteiger partial charge in [0.2, 0.25) is 0 Å². The molecule has 8 aromatic carbocycles. The summed E-state index contributed by atoms with van der Waals surface area (Å²) in [6.07, 6.45) is 0. The summed E-state index contributed by atoms with van der Waals surface area (Å²) in [4.78, 5) is 14.8. The molecule has 0 amide bonds. The number of fused-ring (bicyclic) bond motifs is 3. The lowest BCUT2D eigenvalue weighted by Gasteiger charge is -2.11. The van der Waals surface area contributed by atoms with Crippen molar-refractivity contribution in [1.29, 1.82) is 0 Å². The first-order valence-corrected chi connectivity index (χ1v) is 17.5. The maximum atomic E-state index is 9.46. The van der Waals surface area contributed by atoms with Crippen LogP contribution in [0.4, 0.5) is 0 Å². The molecular weight excluding hydrogens is 669 g/mol. The van der Waals surface area contributed by atoms with Crippen LogP contribution in [-0.4, -0.2) is 19.5 Å². The molecule has 0 fully saturated rings. The number of hydrogen-bond donors (Lipinski definition) is 0. The highest BCUT2D eigenvalue weighted by Crippen LogP contribution is 2.36. The molecule has 0 N–H and O–H groups in total. The Kier molecular flexibility index (Phi) is 5.52. The molecule has 2 heterocycles. The van der Waals surface area contributed by atoms with Gasteiger partial charge in [-0.1, -0.05) is 164 Å². The van der Waals surface area contributed by atoms with Crippen LogP contribution in [0, 0.1) is 0 Å².